The van der Waals surface area contributed by atoms with E-state index in [-0.39, 0.29) is 63.7 Å². The fraction of sp³-hybridized carbons (Fsp3) is 0.125. The molecule has 2 rings (SSSR count). The molecule has 1 heterocycles. The van der Waals surface area contributed by atoms with E-state index in [4.69, 9.17) is 0 Å². The molecule has 1 aliphatic heterocycles. The second-order valence-corrected chi connectivity index (χ2v) is 3.22. The molecule has 1 aromatic carbocycles. The quantitative estimate of drug-likeness (QED) is 0.578. The molecule has 1 aromatic rings. The monoisotopic (exact) mass is 239 g/mol. The molecule has 0 spiro atoms. The van der Waals surface area contributed by atoms with Gasteiger partial charge in [0.1, 0.15) is 0 Å². The maximum Gasteiger partial charge on any atom is 1.00 e. The molecule has 74 valence electrons. The molecule has 0 aliphatic carbocycles. The van der Waals surface area contributed by atoms with Crippen molar-refractivity contribution in [3.05, 3.63) is 23.8 Å². The van der Waals surface area contributed by atoms with Crippen LogP contribution in [0.1, 0.15) is 5.56 Å². The third-order valence-electron chi connectivity index (χ3n) is 2.13. The van der Waals surface area contributed by atoms with Crippen LogP contribution in [0, 0.1) is 0 Å². The Morgan fingerprint density at radius 2 is 1.93 bits per heavy atom. The van der Waals surface area contributed by atoms with Crippen molar-refractivity contribution in [2.24, 2.45) is 0 Å². The van der Waals surface area contributed by atoms with Gasteiger partial charge in [-0.1, -0.05) is 12.1 Å². The van der Waals surface area contributed by atoms with Crippen LogP contribution in [0.5, 0.6) is 0 Å². The number of fused-ring (bicyclic) bond motifs is 1. The Morgan fingerprint density at radius 3 is 2.53 bits per heavy atom. The number of anilines is 1. The second-order valence-electron chi connectivity index (χ2n) is 3.22. The summed E-state index contributed by atoms with van der Waals surface area (Å²) in [4.78, 5) is 10.9. The van der Waals surface area contributed by atoms with E-state index in [9.17, 15) is 17.7 Å². The third kappa shape index (κ3) is 2.85. The van der Waals surface area contributed by atoms with Gasteiger partial charge in [-0.05, 0) is 11.6 Å². The Balaban J connectivity index is 0.00000112. The maximum atomic E-state index is 12.3. The minimum absolute atomic E-state index is 0. The molecule has 0 bridgehead atoms. The number of benzene rings is 1. The Bertz CT molecular complexity index is 407. The normalized spacial score (nSPS) is 14.2. The molecule has 0 unspecified atom stereocenters. The molecule has 1 amide bonds. The number of halogens is 3. The molecular formula is C8H6BF3KNO. The Morgan fingerprint density at radius 1 is 1.27 bits per heavy atom. The van der Waals surface area contributed by atoms with Crippen LogP contribution in [0.15, 0.2) is 18.2 Å². The van der Waals surface area contributed by atoms with Crippen LogP contribution in [-0.2, 0) is 11.2 Å². The first-order chi connectivity index (χ1) is 6.47. The van der Waals surface area contributed by atoms with Crippen LogP contribution in [0.25, 0.3) is 0 Å². The van der Waals surface area contributed by atoms with Crippen molar-refractivity contribution in [2.45, 2.75) is 6.42 Å². The minimum atomic E-state index is -4.97. The number of carbonyl (C=O) groups excluding carboxylic acids is 1. The number of hydrogen-bond donors (Lipinski definition) is 1. The average Bonchev–Trinajstić information content (AvgIpc) is 2.41. The van der Waals surface area contributed by atoms with Crippen molar-refractivity contribution < 1.29 is 69.1 Å². The Labute approximate surface area is 127 Å². The van der Waals surface area contributed by atoms with Crippen LogP contribution in [0.2, 0.25) is 0 Å². The maximum absolute atomic E-state index is 12.3. The van der Waals surface area contributed by atoms with Crippen molar-refractivity contribution in [2.75, 3.05) is 5.32 Å². The van der Waals surface area contributed by atoms with E-state index in [2.05, 4.69) is 5.32 Å². The fourth-order valence-electron chi connectivity index (χ4n) is 1.45. The first-order valence-electron chi connectivity index (χ1n) is 4.09. The van der Waals surface area contributed by atoms with Crippen molar-refractivity contribution in [3.8, 4) is 0 Å². The molecule has 0 fully saturated rings. The summed E-state index contributed by atoms with van der Waals surface area (Å²) in [6.07, 6.45) is 0.0370. The van der Waals surface area contributed by atoms with Gasteiger partial charge in [-0.3, -0.25) is 4.79 Å². The van der Waals surface area contributed by atoms with E-state index in [0.717, 1.165) is 12.1 Å². The molecule has 0 saturated carbocycles. The summed E-state index contributed by atoms with van der Waals surface area (Å²) in [7, 11) is 0. The molecule has 1 aliphatic rings. The van der Waals surface area contributed by atoms with Gasteiger partial charge in [-0.2, -0.15) is 0 Å². The molecule has 2 nitrogen and oxygen atoms in total. The minimum Gasteiger partial charge on any atom is -0.445 e. The zero-order valence-corrected chi connectivity index (χ0v) is 11.2. The molecule has 0 atom stereocenters. The van der Waals surface area contributed by atoms with E-state index in [1.807, 2.05) is 0 Å². The largest absolute Gasteiger partial charge is 1.00 e. The van der Waals surface area contributed by atoms with Gasteiger partial charge in [0.15, 0.2) is 0 Å². The van der Waals surface area contributed by atoms with E-state index < -0.39 is 12.4 Å². The van der Waals surface area contributed by atoms with Gasteiger partial charge in [0.25, 0.3) is 0 Å². The van der Waals surface area contributed by atoms with Gasteiger partial charge < -0.3 is 18.3 Å². The van der Waals surface area contributed by atoms with Crippen LogP contribution < -0.4 is 62.2 Å². The van der Waals surface area contributed by atoms with Gasteiger partial charge in [0.05, 0.1) is 6.42 Å². The molecule has 0 saturated heterocycles. The zero-order valence-electron chi connectivity index (χ0n) is 8.06. The summed E-state index contributed by atoms with van der Waals surface area (Å²) in [5.74, 6) is -0.258. The van der Waals surface area contributed by atoms with Gasteiger partial charge in [0, 0.05) is 5.69 Å². The standard InChI is InChI=1S/C8H6BF3NO.K/c10-9(11,12)6-1-2-7-5(3-6)4-8(14)13-7;/h1-3H,4H2,(H,13,14);/q-1;+1. The smallest absolute Gasteiger partial charge is 0.445 e. The number of nitrogens with one attached hydrogen (secondary N) is 1. The first kappa shape index (κ1) is 13.2. The Kier molecular flexibility index (Phi) is 4.05. The second kappa shape index (κ2) is 4.59. The molecule has 0 aromatic heterocycles. The number of carbonyl (C=O) groups is 1. The van der Waals surface area contributed by atoms with E-state index >= 15 is 0 Å². The van der Waals surface area contributed by atoms with Crippen LogP contribution in [0.4, 0.5) is 18.6 Å². The first-order valence-corrected chi connectivity index (χ1v) is 4.09. The van der Waals surface area contributed by atoms with Gasteiger partial charge in [0.2, 0.25) is 5.91 Å². The van der Waals surface area contributed by atoms with E-state index in [1.165, 1.54) is 6.07 Å². The van der Waals surface area contributed by atoms with Crippen LogP contribution in [-0.4, -0.2) is 12.9 Å². The van der Waals surface area contributed by atoms with Crippen LogP contribution in [0.3, 0.4) is 0 Å². The molecule has 0 radical (unpaired) electrons. The average molecular weight is 239 g/mol. The summed E-state index contributed by atoms with van der Waals surface area (Å²) in [5, 5.41) is 2.48. The topological polar surface area (TPSA) is 29.1 Å². The van der Waals surface area contributed by atoms with Crippen molar-refractivity contribution in [3.63, 3.8) is 0 Å². The number of amides is 1. The number of hydrogen-bond acceptors (Lipinski definition) is 1. The van der Waals surface area contributed by atoms with E-state index in [0.29, 0.717) is 11.3 Å². The summed E-state index contributed by atoms with van der Waals surface area (Å²) in [5.41, 5.74) is 0.255. The predicted molar refractivity (Wildman–Crippen MR) is 47.5 cm³/mol. The molecule has 7 heteroatoms. The zero-order chi connectivity index (χ0) is 10.3. The third-order valence-corrected chi connectivity index (χ3v) is 2.13. The van der Waals surface area contributed by atoms with Crippen LogP contribution >= 0.6 is 0 Å². The SMILES string of the molecule is O=C1Cc2cc([B-](F)(F)F)ccc2N1.[K+]. The summed E-state index contributed by atoms with van der Waals surface area (Å²) in [6.45, 7) is -4.97. The molecular weight excluding hydrogens is 233 g/mol. The summed E-state index contributed by atoms with van der Waals surface area (Å²) in [6, 6.07) is 3.32. The summed E-state index contributed by atoms with van der Waals surface area (Å²) >= 11 is 0. The van der Waals surface area contributed by atoms with Crippen molar-refractivity contribution in [1.29, 1.82) is 0 Å². The summed E-state index contributed by atoms with van der Waals surface area (Å²) < 4.78 is 36.9. The van der Waals surface area contributed by atoms with Gasteiger partial charge in [-0.25, -0.2) is 0 Å². The van der Waals surface area contributed by atoms with Crippen molar-refractivity contribution >= 4 is 24.0 Å². The fourth-order valence-corrected chi connectivity index (χ4v) is 1.45. The molecule has 15 heavy (non-hydrogen) atoms. The van der Waals surface area contributed by atoms with Gasteiger partial charge in [-0.15, -0.1) is 5.46 Å². The van der Waals surface area contributed by atoms with E-state index in [1.54, 1.807) is 0 Å². The molecule has 1 N–H and O–H groups in total. The number of rotatable bonds is 1. The predicted octanol–water partition coefficient (Wildman–Crippen LogP) is -1.76. The van der Waals surface area contributed by atoms with Crippen molar-refractivity contribution in [1.82, 2.24) is 0 Å². The van der Waals surface area contributed by atoms with Gasteiger partial charge >= 0.3 is 58.4 Å². The Hall–Kier alpha value is 0.181.